The number of fused-ring (bicyclic) bond motifs is 1. The molecule has 0 radical (unpaired) electrons. The van der Waals surface area contributed by atoms with Crippen LogP contribution in [0.25, 0.3) is 22.0 Å². The average Bonchev–Trinajstić information content (AvgIpc) is 2.85. The van der Waals surface area contributed by atoms with E-state index in [1.54, 1.807) is 35.9 Å². The van der Waals surface area contributed by atoms with Crippen molar-refractivity contribution in [2.75, 3.05) is 0 Å². The lowest BCUT2D eigenvalue weighted by atomic mass is 9.98. The van der Waals surface area contributed by atoms with Crippen LogP contribution in [0.5, 0.6) is 0 Å². The van der Waals surface area contributed by atoms with Crippen LogP contribution in [-0.4, -0.2) is 10.5 Å². The maximum absolute atomic E-state index is 13.9. The third-order valence-corrected chi connectivity index (χ3v) is 5.02. The molecule has 2 N–H and O–H groups in total. The van der Waals surface area contributed by atoms with Gasteiger partial charge in [0.2, 0.25) is 0 Å². The fraction of sp³-hybridized carbons (Fsp3) is 0.250. The zero-order valence-corrected chi connectivity index (χ0v) is 15.5. The van der Waals surface area contributed by atoms with Gasteiger partial charge in [-0.25, -0.2) is 8.78 Å². The minimum absolute atomic E-state index is 0.0251. The first-order valence-electron chi connectivity index (χ1n) is 8.24. The van der Waals surface area contributed by atoms with Crippen LogP contribution in [0, 0.1) is 6.92 Å². The van der Waals surface area contributed by atoms with Crippen LogP contribution in [0.4, 0.5) is 8.78 Å². The molecule has 1 aromatic heterocycles. The highest BCUT2D eigenvalue weighted by Gasteiger charge is 2.28. The van der Waals surface area contributed by atoms with Crippen molar-refractivity contribution in [3.63, 3.8) is 0 Å². The molecule has 0 saturated carbocycles. The summed E-state index contributed by atoms with van der Waals surface area (Å²) in [4.78, 5) is 11.8. The molecule has 26 heavy (non-hydrogen) atoms. The van der Waals surface area contributed by atoms with Gasteiger partial charge < -0.3 is 10.3 Å². The van der Waals surface area contributed by atoms with Crippen molar-refractivity contribution in [3.8, 4) is 11.1 Å². The van der Waals surface area contributed by atoms with E-state index in [0.29, 0.717) is 10.7 Å². The van der Waals surface area contributed by atoms with Crippen molar-refractivity contribution in [1.29, 1.82) is 0 Å². The van der Waals surface area contributed by atoms with Gasteiger partial charge in [0.25, 0.3) is 11.8 Å². The molecule has 2 aromatic carbocycles. The lowest BCUT2D eigenvalue weighted by Crippen LogP contribution is -2.16. The minimum atomic E-state index is -2.86. The van der Waals surface area contributed by atoms with E-state index in [2.05, 4.69) is 0 Å². The van der Waals surface area contributed by atoms with Crippen LogP contribution in [-0.2, 0) is 13.0 Å². The normalized spacial score (nSPS) is 11.9. The molecule has 1 heterocycles. The lowest BCUT2D eigenvalue weighted by molar-refractivity contribution is -0.00827. The number of carbonyl (C=O) groups excluding carboxylic acids is 1. The Morgan fingerprint density at radius 1 is 1.23 bits per heavy atom. The van der Waals surface area contributed by atoms with Crippen LogP contribution in [0.15, 0.2) is 36.4 Å². The molecule has 1 amide bonds. The van der Waals surface area contributed by atoms with Crippen LogP contribution < -0.4 is 5.73 Å². The third kappa shape index (κ3) is 2.86. The van der Waals surface area contributed by atoms with Crippen LogP contribution in [0.3, 0.4) is 0 Å². The number of halogens is 3. The lowest BCUT2D eigenvalue weighted by Gasteiger charge is -2.15. The zero-order valence-electron chi connectivity index (χ0n) is 14.7. The SMILES string of the molecule is CCC(F)(F)c1ccc(-c2cc(Cl)cc3c(C)c(C(N)=O)n(C)c23)cc1. The molecule has 0 saturated heterocycles. The van der Waals surface area contributed by atoms with E-state index in [-0.39, 0.29) is 12.0 Å². The smallest absolute Gasteiger partial charge is 0.273 e. The number of benzene rings is 2. The number of aryl methyl sites for hydroxylation is 2. The first-order valence-corrected chi connectivity index (χ1v) is 8.62. The van der Waals surface area contributed by atoms with Crippen molar-refractivity contribution in [3.05, 3.63) is 58.2 Å². The van der Waals surface area contributed by atoms with Crippen LogP contribution in [0.2, 0.25) is 5.02 Å². The second-order valence-corrected chi connectivity index (χ2v) is 6.82. The van der Waals surface area contributed by atoms with E-state index in [0.717, 1.165) is 27.6 Å². The largest absolute Gasteiger partial charge is 0.364 e. The number of rotatable bonds is 4. The Labute approximate surface area is 155 Å². The van der Waals surface area contributed by atoms with Gasteiger partial charge >= 0.3 is 0 Å². The maximum atomic E-state index is 13.9. The van der Waals surface area contributed by atoms with Gasteiger partial charge in [-0.15, -0.1) is 0 Å². The van der Waals surface area contributed by atoms with Gasteiger partial charge in [-0.2, -0.15) is 0 Å². The number of primary amides is 1. The van der Waals surface area contributed by atoms with E-state index in [1.165, 1.54) is 19.1 Å². The standard InChI is InChI=1S/C20H19ClF2N2O/c1-4-20(22,23)13-7-5-12(6-8-13)16-10-14(21)9-15-11(2)17(19(24)26)25(3)18(15)16/h5-10H,4H2,1-3H3,(H2,24,26). The van der Waals surface area contributed by atoms with Gasteiger partial charge in [0.15, 0.2) is 0 Å². The summed E-state index contributed by atoms with van der Waals surface area (Å²) in [5, 5.41) is 1.31. The van der Waals surface area contributed by atoms with Gasteiger partial charge in [-0.1, -0.05) is 42.8 Å². The van der Waals surface area contributed by atoms with Crippen molar-refractivity contribution < 1.29 is 13.6 Å². The monoisotopic (exact) mass is 376 g/mol. The predicted octanol–water partition coefficient (Wildman–Crippen LogP) is 5.41. The van der Waals surface area contributed by atoms with Crippen molar-refractivity contribution in [1.82, 2.24) is 4.57 Å². The summed E-state index contributed by atoms with van der Waals surface area (Å²) in [7, 11) is 1.76. The fourth-order valence-electron chi connectivity index (χ4n) is 3.41. The number of hydrogen-bond acceptors (Lipinski definition) is 1. The Morgan fingerprint density at radius 3 is 2.38 bits per heavy atom. The second kappa shape index (κ2) is 6.40. The highest BCUT2D eigenvalue weighted by atomic mass is 35.5. The molecule has 6 heteroatoms. The molecule has 3 nitrogen and oxygen atoms in total. The van der Waals surface area contributed by atoms with Gasteiger partial charge in [0.05, 0.1) is 5.52 Å². The van der Waals surface area contributed by atoms with Crippen molar-refractivity contribution >= 4 is 28.4 Å². The van der Waals surface area contributed by atoms with E-state index in [1.807, 2.05) is 6.92 Å². The summed E-state index contributed by atoms with van der Waals surface area (Å²) < 4.78 is 29.5. The van der Waals surface area contributed by atoms with Gasteiger partial charge in [-0.05, 0) is 30.2 Å². The van der Waals surface area contributed by atoms with Crippen molar-refractivity contribution in [2.24, 2.45) is 12.8 Å². The van der Waals surface area contributed by atoms with Gasteiger partial charge in [0, 0.05) is 35.0 Å². The molecule has 0 aliphatic carbocycles. The summed E-state index contributed by atoms with van der Waals surface area (Å²) in [5.41, 5.74) is 8.92. The molecule has 0 spiro atoms. The average molecular weight is 377 g/mol. The Hall–Kier alpha value is -2.40. The zero-order chi connectivity index (χ0) is 19.2. The van der Waals surface area contributed by atoms with E-state index < -0.39 is 11.8 Å². The highest BCUT2D eigenvalue weighted by Crippen LogP contribution is 2.38. The molecule has 0 atom stereocenters. The quantitative estimate of drug-likeness (QED) is 0.650. The Bertz CT molecular complexity index is 1010. The molecular formula is C20H19ClF2N2O. The topological polar surface area (TPSA) is 48.0 Å². The number of aromatic nitrogens is 1. The maximum Gasteiger partial charge on any atom is 0.273 e. The van der Waals surface area contributed by atoms with E-state index in [9.17, 15) is 13.6 Å². The highest BCUT2D eigenvalue weighted by molar-refractivity contribution is 6.32. The summed E-state index contributed by atoms with van der Waals surface area (Å²) in [6, 6.07) is 9.70. The molecule has 3 aromatic rings. The van der Waals surface area contributed by atoms with E-state index >= 15 is 0 Å². The molecular weight excluding hydrogens is 358 g/mol. The predicted molar refractivity (Wildman–Crippen MR) is 101 cm³/mol. The second-order valence-electron chi connectivity index (χ2n) is 6.38. The Balaban J connectivity index is 2.25. The molecule has 0 fully saturated rings. The number of nitrogens with two attached hydrogens (primary N) is 1. The molecule has 136 valence electrons. The summed E-state index contributed by atoms with van der Waals surface area (Å²) in [5.74, 6) is -3.38. The Morgan fingerprint density at radius 2 is 1.85 bits per heavy atom. The molecule has 0 aliphatic rings. The van der Waals surface area contributed by atoms with Gasteiger partial charge in [0.1, 0.15) is 5.69 Å². The number of alkyl halides is 2. The number of carbonyl (C=O) groups is 1. The van der Waals surface area contributed by atoms with Crippen LogP contribution >= 0.6 is 11.6 Å². The summed E-state index contributed by atoms with van der Waals surface area (Å²) >= 11 is 6.27. The van der Waals surface area contributed by atoms with Gasteiger partial charge in [-0.3, -0.25) is 4.79 Å². The number of nitrogens with zero attached hydrogens (tertiary/aromatic N) is 1. The molecule has 3 rings (SSSR count). The van der Waals surface area contributed by atoms with Crippen molar-refractivity contribution in [2.45, 2.75) is 26.2 Å². The number of hydrogen-bond donors (Lipinski definition) is 1. The molecule has 0 unspecified atom stereocenters. The summed E-state index contributed by atoms with van der Waals surface area (Å²) in [6.07, 6.45) is -0.257. The summed E-state index contributed by atoms with van der Waals surface area (Å²) in [6.45, 7) is 3.26. The minimum Gasteiger partial charge on any atom is -0.364 e. The number of amides is 1. The molecule has 0 bridgehead atoms. The first kappa shape index (κ1) is 18.4. The fourth-order valence-corrected chi connectivity index (χ4v) is 3.62. The first-order chi connectivity index (χ1) is 12.2. The third-order valence-electron chi connectivity index (χ3n) is 4.80. The van der Waals surface area contributed by atoms with Crippen LogP contribution in [0.1, 0.15) is 35.0 Å². The molecule has 0 aliphatic heterocycles. The Kier molecular flexibility index (Phi) is 4.53. The van der Waals surface area contributed by atoms with E-state index in [4.69, 9.17) is 17.3 Å².